The highest BCUT2D eigenvalue weighted by Crippen LogP contribution is 2.29. The topological polar surface area (TPSA) is 78.4 Å². The van der Waals surface area contributed by atoms with Crippen LogP contribution in [0.5, 0.6) is 0 Å². The molecular formula is C23H28BrFN2O3S. The fraction of sp³-hybridized carbons (Fsp3) is 0.391. The fourth-order valence-corrected chi connectivity index (χ4v) is 5.55. The molecule has 0 bridgehead atoms. The third kappa shape index (κ3) is 6.23. The number of aliphatic hydroxyl groups is 1. The molecule has 0 saturated heterocycles. The summed E-state index contributed by atoms with van der Waals surface area (Å²) in [6.45, 7) is 5.66. The Morgan fingerprint density at radius 2 is 1.81 bits per heavy atom. The van der Waals surface area contributed by atoms with Gasteiger partial charge in [-0.15, -0.1) is 6.58 Å². The highest BCUT2D eigenvalue weighted by atomic mass is 79.9. The summed E-state index contributed by atoms with van der Waals surface area (Å²) < 4.78 is 42.3. The van der Waals surface area contributed by atoms with E-state index in [4.69, 9.17) is 0 Å². The van der Waals surface area contributed by atoms with E-state index in [2.05, 4.69) is 32.5 Å². The van der Waals surface area contributed by atoms with Crippen molar-refractivity contribution in [1.29, 1.82) is 0 Å². The monoisotopic (exact) mass is 510 g/mol. The van der Waals surface area contributed by atoms with Crippen LogP contribution < -0.4 is 10.0 Å². The Morgan fingerprint density at radius 1 is 1.16 bits per heavy atom. The van der Waals surface area contributed by atoms with Crippen LogP contribution in [0.15, 0.2) is 64.5 Å². The van der Waals surface area contributed by atoms with Crippen LogP contribution in [-0.2, 0) is 10.0 Å². The summed E-state index contributed by atoms with van der Waals surface area (Å²) in [5.41, 5.74) is 1.68. The van der Waals surface area contributed by atoms with Crippen LogP contribution in [0.1, 0.15) is 42.9 Å². The van der Waals surface area contributed by atoms with E-state index in [1.807, 2.05) is 6.92 Å². The Morgan fingerprint density at radius 3 is 2.39 bits per heavy atom. The molecule has 168 valence electrons. The van der Waals surface area contributed by atoms with Gasteiger partial charge in [-0.3, -0.25) is 5.32 Å². The Hall–Kier alpha value is -1.58. The molecule has 8 heteroatoms. The lowest BCUT2D eigenvalue weighted by molar-refractivity contribution is 0.0457. The third-order valence-corrected chi connectivity index (χ3v) is 8.20. The van der Waals surface area contributed by atoms with Gasteiger partial charge in [0.1, 0.15) is 12.0 Å². The first-order valence-corrected chi connectivity index (χ1v) is 12.6. The number of nitrogens with one attached hydrogen (secondary N) is 2. The van der Waals surface area contributed by atoms with Crippen molar-refractivity contribution in [3.05, 3.63) is 76.5 Å². The largest absolute Gasteiger partial charge is 0.378 e. The third-order valence-electron chi connectivity index (χ3n) is 5.80. The predicted molar refractivity (Wildman–Crippen MR) is 123 cm³/mol. The minimum absolute atomic E-state index is 0.00132. The van der Waals surface area contributed by atoms with Gasteiger partial charge in [-0.25, -0.2) is 17.5 Å². The highest BCUT2D eigenvalue weighted by Gasteiger charge is 2.30. The van der Waals surface area contributed by atoms with Crippen LogP contribution >= 0.6 is 15.9 Å². The molecule has 0 radical (unpaired) electrons. The summed E-state index contributed by atoms with van der Waals surface area (Å²) in [7, 11) is -3.59. The van der Waals surface area contributed by atoms with E-state index in [0.717, 1.165) is 15.6 Å². The van der Waals surface area contributed by atoms with Crippen LogP contribution in [0.3, 0.4) is 0 Å². The number of hydrogen-bond acceptors (Lipinski definition) is 4. The van der Waals surface area contributed by atoms with Crippen molar-refractivity contribution in [2.24, 2.45) is 5.92 Å². The van der Waals surface area contributed by atoms with Crippen LogP contribution in [0.2, 0.25) is 0 Å². The second-order valence-electron chi connectivity index (χ2n) is 8.02. The molecule has 0 aromatic heterocycles. The lowest BCUT2D eigenvalue weighted by Crippen LogP contribution is -2.43. The molecule has 0 aliphatic heterocycles. The summed E-state index contributed by atoms with van der Waals surface area (Å²) >= 11 is 3.39. The quantitative estimate of drug-likeness (QED) is 0.359. The molecule has 0 amide bonds. The Labute approximate surface area is 191 Å². The first kappa shape index (κ1) is 24.1. The van der Waals surface area contributed by atoms with E-state index in [-0.39, 0.29) is 28.7 Å². The second-order valence-corrected chi connectivity index (χ2v) is 10.6. The van der Waals surface area contributed by atoms with E-state index in [9.17, 15) is 17.9 Å². The van der Waals surface area contributed by atoms with Gasteiger partial charge in [-0.1, -0.05) is 34.1 Å². The van der Waals surface area contributed by atoms with Crippen LogP contribution in [-0.4, -0.2) is 25.8 Å². The molecule has 0 heterocycles. The minimum Gasteiger partial charge on any atom is -0.378 e. The van der Waals surface area contributed by atoms with E-state index in [1.54, 1.807) is 36.4 Å². The average Bonchev–Trinajstić information content (AvgIpc) is 2.74. The zero-order valence-corrected chi connectivity index (χ0v) is 19.8. The van der Waals surface area contributed by atoms with E-state index in [1.165, 1.54) is 12.1 Å². The van der Waals surface area contributed by atoms with Gasteiger partial charge in [0, 0.05) is 10.5 Å². The zero-order valence-electron chi connectivity index (χ0n) is 17.4. The molecule has 1 aliphatic carbocycles. The van der Waals surface area contributed by atoms with Crippen LogP contribution in [0, 0.1) is 18.7 Å². The van der Waals surface area contributed by atoms with Crippen molar-refractivity contribution in [3.8, 4) is 0 Å². The second kappa shape index (κ2) is 10.4. The number of benzene rings is 2. The molecule has 2 aromatic carbocycles. The molecule has 1 aliphatic rings. The molecule has 1 saturated carbocycles. The first-order valence-electron chi connectivity index (χ1n) is 10.3. The van der Waals surface area contributed by atoms with Crippen molar-refractivity contribution in [3.63, 3.8) is 0 Å². The molecule has 2 atom stereocenters. The van der Waals surface area contributed by atoms with Gasteiger partial charge < -0.3 is 5.11 Å². The fourth-order valence-electron chi connectivity index (χ4n) is 3.92. The molecule has 1 unspecified atom stereocenters. The number of aryl methyl sites for hydroxylation is 1. The number of aliphatic hydroxyl groups excluding tert-OH is 1. The SMILES string of the molecule is C=C[C@@H](NC(O)C1CCC(NS(=O)(=O)c2ccc(Br)c(C)c2)CC1)c1ccc(F)cc1. The molecule has 1 fully saturated rings. The smallest absolute Gasteiger partial charge is 0.240 e. The van der Waals surface area contributed by atoms with Crippen molar-refractivity contribution in [2.45, 2.75) is 55.8 Å². The van der Waals surface area contributed by atoms with E-state index < -0.39 is 16.3 Å². The summed E-state index contributed by atoms with van der Waals surface area (Å²) in [6.07, 6.45) is 3.58. The molecule has 5 nitrogen and oxygen atoms in total. The average molecular weight is 511 g/mol. The predicted octanol–water partition coefficient (Wildman–Crippen LogP) is 4.57. The van der Waals surface area contributed by atoms with Gasteiger partial charge in [0.2, 0.25) is 10.0 Å². The first-order chi connectivity index (χ1) is 14.7. The van der Waals surface area contributed by atoms with Crippen molar-refractivity contribution >= 4 is 26.0 Å². The molecule has 31 heavy (non-hydrogen) atoms. The van der Waals surface area contributed by atoms with Crippen LogP contribution in [0.4, 0.5) is 4.39 Å². The Kier molecular flexibility index (Phi) is 8.04. The maximum atomic E-state index is 13.2. The maximum Gasteiger partial charge on any atom is 0.240 e. The Balaban J connectivity index is 1.55. The standard InChI is InChI=1S/C23H28BrFN2O3S/c1-3-22(16-4-8-18(25)9-5-16)26-23(28)17-6-10-19(11-7-17)27-31(29,30)20-12-13-21(24)15(2)14-20/h3-5,8-9,12-14,17,19,22-23,26-28H,1,6-7,10-11H2,2H3/t17?,19?,22-,23?/m1/s1. The van der Waals surface area contributed by atoms with Gasteiger partial charge in [0.25, 0.3) is 0 Å². The maximum absolute atomic E-state index is 13.2. The molecule has 0 spiro atoms. The number of rotatable bonds is 8. The lowest BCUT2D eigenvalue weighted by Gasteiger charge is -2.33. The summed E-state index contributed by atoms with van der Waals surface area (Å²) in [6, 6.07) is 10.6. The van der Waals surface area contributed by atoms with Crippen molar-refractivity contribution in [2.75, 3.05) is 0 Å². The summed E-state index contributed by atoms with van der Waals surface area (Å²) in [5.74, 6) is -0.315. The van der Waals surface area contributed by atoms with Crippen molar-refractivity contribution in [1.82, 2.24) is 10.0 Å². The van der Waals surface area contributed by atoms with Gasteiger partial charge in [-0.05, 0) is 80.0 Å². The van der Waals surface area contributed by atoms with Crippen molar-refractivity contribution < 1.29 is 17.9 Å². The van der Waals surface area contributed by atoms with E-state index in [0.29, 0.717) is 25.7 Å². The Bertz CT molecular complexity index is 1010. The van der Waals surface area contributed by atoms with Gasteiger partial charge >= 0.3 is 0 Å². The van der Waals surface area contributed by atoms with Gasteiger partial charge in [0.15, 0.2) is 0 Å². The lowest BCUT2D eigenvalue weighted by atomic mass is 9.85. The highest BCUT2D eigenvalue weighted by molar-refractivity contribution is 9.10. The van der Waals surface area contributed by atoms with Gasteiger partial charge in [0.05, 0.1) is 10.9 Å². The zero-order chi connectivity index (χ0) is 22.6. The molecule has 3 N–H and O–H groups in total. The molecule has 3 rings (SSSR count). The number of halogens is 2. The summed E-state index contributed by atoms with van der Waals surface area (Å²) in [5, 5.41) is 13.8. The molecule has 2 aromatic rings. The molecular weight excluding hydrogens is 483 g/mol. The number of hydrogen-bond donors (Lipinski definition) is 3. The van der Waals surface area contributed by atoms with E-state index >= 15 is 0 Å². The normalized spacial score (nSPS) is 21.4. The van der Waals surface area contributed by atoms with Crippen LogP contribution in [0.25, 0.3) is 0 Å². The number of sulfonamides is 1. The minimum atomic E-state index is -3.59. The summed E-state index contributed by atoms with van der Waals surface area (Å²) in [4.78, 5) is 0.255. The van der Waals surface area contributed by atoms with Gasteiger partial charge in [-0.2, -0.15) is 0 Å².